The van der Waals surface area contributed by atoms with Gasteiger partial charge in [0.2, 0.25) is 10.0 Å². The van der Waals surface area contributed by atoms with Gasteiger partial charge in [-0.25, -0.2) is 8.42 Å². The Morgan fingerprint density at radius 2 is 1.88 bits per heavy atom. The van der Waals surface area contributed by atoms with E-state index in [1.807, 2.05) is 13.0 Å². The number of allylic oxidation sites excluding steroid dienone is 4. The van der Waals surface area contributed by atoms with Crippen molar-refractivity contribution in [1.29, 1.82) is 0 Å². The maximum absolute atomic E-state index is 12.2. The summed E-state index contributed by atoms with van der Waals surface area (Å²) in [4.78, 5) is 0.569. The highest BCUT2D eigenvalue weighted by Crippen LogP contribution is 2.24. The first-order valence-electron chi connectivity index (χ1n) is 5.68. The van der Waals surface area contributed by atoms with Gasteiger partial charge in [0, 0.05) is 26.2 Å². The summed E-state index contributed by atoms with van der Waals surface area (Å²) >= 11 is 0. The van der Waals surface area contributed by atoms with Crippen molar-refractivity contribution in [2.75, 3.05) is 26.2 Å². The van der Waals surface area contributed by atoms with Crippen molar-refractivity contribution in [2.45, 2.75) is 19.8 Å². The molecule has 0 saturated carbocycles. The van der Waals surface area contributed by atoms with Crippen molar-refractivity contribution in [1.82, 2.24) is 9.62 Å². The Kier molecular flexibility index (Phi) is 3.47. The molecule has 0 radical (unpaired) electrons. The summed E-state index contributed by atoms with van der Waals surface area (Å²) in [7, 11) is -3.20. The monoisotopic (exact) mass is 242 g/mol. The lowest BCUT2D eigenvalue weighted by atomic mass is 10.1. The molecule has 1 saturated heterocycles. The molecule has 1 N–H and O–H groups in total. The minimum absolute atomic E-state index is 0.569. The van der Waals surface area contributed by atoms with Crippen LogP contribution in [0.4, 0.5) is 0 Å². The second-order valence-electron chi connectivity index (χ2n) is 4.30. The average molecular weight is 242 g/mol. The predicted molar refractivity (Wildman–Crippen MR) is 64.4 cm³/mol. The number of rotatable bonds is 2. The molecule has 16 heavy (non-hydrogen) atoms. The largest absolute Gasteiger partial charge is 0.314 e. The number of hydrogen-bond acceptors (Lipinski definition) is 3. The van der Waals surface area contributed by atoms with Crippen LogP contribution < -0.4 is 5.32 Å². The molecule has 0 aromatic carbocycles. The van der Waals surface area contributed by atoms with E-state index in [4.69, 9.17) is 0 Å². The van der Waals surface area contributed by atoms with Crippen LogP contribution in [-0.4, -0.2) is 38.9 Å². The molecule has 0 aromatic rings. The van der Waals surface area contributed by atoms with Crippen LogP contribution in [0.5, 0.6) is 0 Å². The number of hydrogen-bond donors (Lipinski definition) is 1. The molecule has 90 valence electrons. The Balaban J connectivity index is 2.18. The first-order chi connectivity index (χ1) is 7.60. The lowest BCUT2D eigenvalue weighted by Crippen LogP contribution is -2.46. The zero-order valence-corrected chi connectivity index (χ0v) is 10.4. The van der Waals surface area contributed by atoms with E-state index in [0.29, 0.717) is 24.4 Å². The van der Waals surface area contributed by atoms with Gasteiger partial charge in [0.05, 0.1) is 4.91 Å². The summed E-state index contributed by atoms with van der Waals surface area (Å²) in [6, 6.07) is 0. The zero-order chi connectivity index (χ0) is 11.6. The number of nitrogens with one attached hydrogen (secondary N) is 1. The van der Waals surface area contributed by atoms with Crippen LogP contribution in [-0.2, 0) is 10.0 Å². The van der Waals surface area contributed by atoms with E-state index < -0.39 is 10.0 Å². The summed E-state index contributed by atoms with van der Waals surface area (Å²) in [6.45, 7) is 4.71. The smallest absolute Gasteiger partial charge is 0.239 e. The van der Waals surface area contributed by atoms with Crippen molar-refractivity contribution in [3.63, 3.8) is 0 Å². The van der Waals surface area contributed by atoms with Gasteiger partial charge in [-0.3, -0.25) is 0 Å². The molecule has 0 bridgehead atoms. The summed E-state index contributed by atoms with van der Waals surface area (Å²) in [5.74, 6) is 0. The lowest BCUT2D eigenvalue weighted by Gasteiger charge is -2.28. The Hall–Kier alpha value is -0.650. The molecule has 0 atom stereocenters. The Morgan fingerprint density at radius 3 is 2.44 bits per heavy atom. The molecule has 1 fully saturated rings. The Morgan fingerprint density at radius 1 is 1.19 bits per heavy atom. The number of sulfonamides is 1. The van der Waals surface area contributed by atoms with Gasteiger partial charge >= 0.3 is 0 Å². The third-order valence-corrected chi connectivity index (χ3v) is 5.11. The maximum Gasteiger partial charge on any atom is 0.239 e. The topological polar surface area (TPSA) is 49.4 Å². The van der Waals surface area contributed by atoms with Crippen LogP contribution >= 0.6 is 0 Å². The normalized spacial score (nSPS) is 23.8. The van der Waals surface area contributed by atoms with E-state index in [-0.39, 0.29) is 0 Å². The van der Waals surface area contributed by atoms with Gasteiger partial charge in [-0.1, -0.05) is 11.6 Å². The van der Waals surface area contributed by atoms with Crippen molar-refractivity contribution >= 4 is 10.0 Å². The van der Waals surface area contributed by atoms with Crippen molar-refractivity contribution in [2.24, 2.45) is 0 Å². The second kappa shape index (κ2) is 4.69. The van der Waals surface area contributed by atoms with Gasteiger partial charge in [-0.2, -0.15) is 4.31 Å². The van der Waals surface area contributed by atoms with Crippen LogP contribution in [0.25, 0.3) is 0 Å². The fourth-order valence-electron chi connectivity index (χ4n) is 1.99. The summed E-state index contributed by atoms with van der Waals surface area (Å²) < 4.78 is 26.1. The molecule has 4 nitrogen and oxygen atoms in total. The van der Waals surface area contributed by atoms with E-state index in [1.54, 1.807) is 10.4 Å². The van der Waals surface area contributed by atoms with Crippen LogP contribution in [0.1, 0.15) is 19.8 Å². The molecule has 1 heterocycles. The van der Waals surface area contributed by atoms with Crippen LogP contribution in [0.15, 0.2) is 22.6 Å². The number of piperazine rings is 1. The van der Waals surface area contributed by atoms with Crippen LogP contribution in [0, 0.1) is 0 Å². The molecule has 1 aliphatic carbocycles. The molecule has 5 heteroatoms. The van der Waals surface area contributed by atoms with Crippen LogP contribution in [0.3, 0.4) is 0 Å². The van der Waals surface area contributed by atoms with Gasteiger partial charge in [-0.15, -0.1) is 0 Å². The molecule has 2 aliphatic rings. The average Bonchev–Trinajstić information content (AvgIpc) is 2.31. The summed E-state index contributed by atoms with van der Waals surface area (Å²) in [5, 5.41) is 3.16. The molecular weight excluding hydrogens is 224 g/mol. The minimum Gasteiger partial charge on any atom is -0.314 e. The SMILES string of the molecule is CC1=CC=C(S(=O)(=O)N2CCNCC2)CC1. The third-order valence-electron chi connectivity index (χ3n) is 3.07. The first kappa shape index (κ1) is 11.8. The van der Waals surface area contributed by atoms with Gasteiger partial charge in [0.15, 0.2) is 0 Å². The van der Waals surface area contributed by atoms with Crippen molar-refractivity contribution in [3.8, 4) is 0 Å². The molecule has 0 spiro atoms. The molecule has 0 unspecified atom stereocenters. The Bertz CT molecular complexity index is 417. The maximum atomic E-state index is 12.2. The summed E-state index contributed by atoms with van der Waals surface area (Å²) in [5.41, 5.74) is 1.25. The zero-order valence-electron chi connectivity index (χ0n) is 9.57. The van der Waals surface area contributed by atoms with E-state index >= 15 is 0 Å². The highest BCUT2D eigenvalue weighted by molar-refractivity contribution is 7.93. The molecule has 0 amide bonds. The molecule has 2 rings (SSSR count). The van der Waals surface area contributed by atoms with Crippen molar-refractivity contribution < 1.29 is 8.42 Å². The second-order valence-corrected chi connectivity index (χ2v) is 6.29. The van der Waals surface area contributed by atoms with E-state index in [0.717, 1.165) is 19.5 Å². The highest BCUT2D eigenvalue weighted by Gasteiger charge is 2.27. The van der Waals surface area contributed by atoms with Crippen LogP contribution in [0.2, 0.25) is 0 Å². The number of nitrogens with zero attached hydrogens (tertiary/aromatic N) is 1. The molecule has 1 aliphatic heterocycles. The van der Waals surface area contributed by atoms with Gasteiger partial charge in [0.25, 0.3) is 0 Å². The fraction of sp³-hybridized carbons (Fsp3) is 0.636. The summed E-state index contributed by atoms with van der Waals surface area (Å²) in [6.07, 6.45) is 5.18. The molecule has 0 aromatic heterocycles. The van der Waals surface area contributed by atoms with E-state index in [9.17, 15) is 8.42 Å². The molecular formula is C11H18N2O2S. The van der Waals surface area contributed by atoms with Gasteiger partial charge in [-0.05, 0) is 25.8 Å². The highest BCUT2D eigenvalue weighted by atomic mass is 32.2. The fourth-order valence-corrected chi connectivity index (χ4v) is 3.58. The van der Waals surface area contributed by atoms with E-state index in [2.05, 4.69) is 5.32 Å². The minimum atomic E-state index is -3.20. The third kappa shape index (κ3) is 2.36. The Labute approximate surface area is 97.1 Å². The quantitative estimate of drug-likeness (QED) is 0.781. The van der Waals surface area contributed by atoms with Gasteiger partial charge < -0.3 is 5.32 Å². The first-order valence-corrected chi connectivity index (χ1v) is 7.12. The lowest BCUT2D eigenvalue weighted by molar-refractivity contribution is 0.362. The van der Waals surface area contributed by atoms with Gasteiger partial charge in [0.1, 0.15) is 0 Å². The van der Waals surface area contributed by atoms with E-state index in [1.165, 1.54) is 5.57 Å². The van der Waals surface area contributed by atoms with Crippen molar-refractivity contribution in [3.05, 3.63) is 22.6 Å². The predicted octanol–water partition coefficient (Wildman–Crippen LogP) is 0.845. The standard InChI is InChI=1S/C11H18N2O2S/c1-10-2-4-11(5-3-10)16(14,15)13-8-6-12-7-9-13/h2,4,12H,3,5-9H2,1H3.